The zero-order valence-electron chi connectivity index (χ0n) is 11.5. The van der Waals surface area contributed by atoms with Crippen LogP contribution < -0.4 is 10.6 Å². The average Bonchev–Trinajstić information content (AvgIpc) is 2.83. The van der Waals surface area contributed by atoms with Crippen LogP contribution in [0.5, 0.6) is 0 Å². The lowest BCUT2D eigenvalue weighted by Crippen LogP contribution is -2.38. The number of rotatable bonds is 8. The maximum Gasteiger partial charge on any atom is 0.355 e. The van der Waals surface area contributed by atoms with Crippen molar-refractivity contribution in [3.05, 3.63) is 16.1 Å². The van der Waals surface area contributed by atoms with Crippen molar-refractivity contribution in [2.75, 3.05) is 19.7 Å². The molecule has 0 unspecified atom stereocenters. The number of hydrogen-bond donors (Lipinski definition) is 3. The molecule has 8 heteroatoms. The van der Waals surface area contributed by atoms with Crippen LogP contribution in [0.1, 0.15) is 29.3 Å². The maximum atomic E-state index is 11.4. The first-order valence-corrected chi connectivity index (χ1v) is 7.18. The maximum absolute atomic E-state index is 11.4. The average molecular weight is 301 g/mol. The van der Waals surface area contributed by atoms with Gasteiger partial charge >= 0.3 is 12.0 Å². The fourth-order valence-electron chi connectivity index (χ4n) is 1.33. The molecule has 0 saturated carbocycles. The topological polar surface area (TPSA) is 101 Å². The van der Waals surface area contributed by atoms with E-state index in [1.807, 2.05) is 13.8 Å². The molecule has 0 radical (unpaired) electrons. The standard InChI is InChI=1S/C12H19N3O4S/c1-8(2)19-6-5-14-12(18)13-4-3-10-15-9(7-20-10)11(16)17/h7-8H,3-6H2,1-2H3,(H,16,17)(H2,13,14,18). The number of aromatic carboxylic acids is 1. The van der Waals surface area contributed by atoms with Gasteiger partial charge in [-0.15, -0.1) is 11.3 Å². The van der Waals surface area contributed by atoms with Crippen LogP contribution in [0.15, 0.2) is 5.38 Å². The number of nitrogens with one attached hydrogen (secondary N) is 2. The van der Waals surface area contributed by atoms with E-state index in [0.29, 0.717) is 31.1 Å². The zero-order chi connectivity index (χ0) is 15.0. The molecule has 112 valence electrons. The van der Waals surface area contributed by atoms with Gasteiger partial charge in [-0.3, -0.25) is 0 Å². The minimum Gasteiger partial charge on any atom is -0.476 e. The van der Waals surface area contributed by atoms with Crippen LogP contribution in [-0.4, -0.2) is 47.9 Å². The molecule has 0 saturated heterocycles. The molecule has 7 nitrogen and oxygen atoms in total. The normalized spacial score (nSPS) is 10.6. The molecule has 3 N–H and O–H groups in total. The predicted octanol–water partition coefficient (Wildman–Crippen LogP) is 1.11. The molecule has 0 aliphatic heterocycles. The summed E-state index contributed by atoms with van der Waals surface area (Å²) in [5, 5.41) is 16.2. The molecule has 1 aromatic heterocycles. The second-order valence-corrected chi connectivity index (χ2v) is 5.23. The summed E-state index contributed by atoms with van der Waals surface area (Å²) in [4.78, 5) is 26.0. The van der Waals surface area contributed by atoms with Gasteiger partial charge in [-0.05, 0) is 13.8 Å². The summed E-state index contributed by atoms with van der Waals surface area (Å²) < 4.78 is 5.28. The second-order valence-electron chi connectivity index (χ2n) is 4.28. The van der Waals surface area contributed by atoms with Gasteiger partial charge in [-0.25, -0.2) is 14.6 Å². The third-order valence-corrected chi connectivity index (χ3v) is 3.14. The molecular formula is C12H19N3O4S. The van der Waals surface area contributed by atoms with Crippen molar-refractivity contribution in [3.8, 4) is 0 Å². The van der Waals surface area contributed by atoms with Crippen molar-refractivity contribution >= 4 is 23.3 Å². The van der Waals surface area contributed by atoms with Gasteiger partial charge in [0.25, 0.3) is 0 Å². The predicted molar refractivity (Wildman–Crippen MR) is 75.3 cm³/mol. The lowest BCUT2D eigenvalue weighted by molar-refractivity contribution is 0.0691. The summed E-state index contributed by atoms with van der Waals surface area (Å²) in [6.07, 6.45) is 0.654. The van der Waals surface area contributed by atoms with Gasteiger partial charge in [0.15, 0.2) is 5.69 Å². The Balaban J connectivity index is 2.13. The zero-order valence-corrected chi connectivity index (χ0v) is 12.3. The molecular weight excluding hydrogens is 282 g/mol. The summed E-state index contributed by atoms with van der Waals surface area (Å²) in [5.74, 6) is -1.04. The number of nitrogens with zero attached hydrogens (tertiary/aromatic N) is 1. The van der Waals surface area contributed by atoms with Crippen LogP contribution in [0.25, 0.3) is 0 Å². The number of urea groups is 1. The van der Waals surface area contributed by atoms with Crippen LogP contribution in [0.2, 0.25) is 0 Å². The number of amides is 2. The van der Waals surface area contributed by atoms with E-state index in [9.17, 15) is 9.59 Å². The van der Waals surface area contributed by atoms with E-state index >= 15 is 0 Å². The second kappa shape index (κ2) is 8.49. The van der Waals surface area contributed by atoms with Crippen molar-refractivity contribution in [3.63, 3.8) is 0 Å². The highest BCUT2D eigenvalue weighted by Gasteiger charge is 2.08. The summed E-state index contributed by atoms with van der Waals surface area (Å²) in [6, 6.07) is -0.271. The summed E-state index contributed by atoms with van der Waals surface area (Å²) in [6.45, 7) is 5.19. The first-order chi connectivity index (χ1) is 9.49. The van der Waals surface area contributed by atoms with E-state index < -0.39 is 5.97 Å². The fourth-order valence-corrected chi connectivity index (χ4v) is 2.10. The Morgan fingerprint density at radius 1 is 1.40 bits per heavy atom. The molecule has 0 aliphatic rings. The first-order valence-electron chi connectivity index (χ1n) is 6.30. The van der Waals surface area contributed by atoms with E-state index in [0.717, 1.165) is 0 Å². The Kier molecular flexibility index (Phi) is 6.96. The van der Waals surface area contributed by atoms with Gasteiger partial charge in [-0.1, -0.05) is 0 Å². The molecule has 20 heavy (non-hydrogen) atoms. The van der Waals surface area contributed by atoms with E-state index in [1.54, 1.807) is 0 Å². The molecule has 0 bridgehead atoms. The molecule has 0 atom stereocenters. The SMILES string of the molecule is CC(C)OCCNC(=O)NCCc1nc(C(=O)O)cs1. The summed E-state index contributed by atoms with van der Waals surface area (Å²) >= 11 is 1.27. The monoisotopic (exact) mass is 301 g/mol. The van der Waals surface area contributed by atoms with Crippen LogP contribution in [-0.2, 0) is 11.2 Å². The van der Waals surface area contributed by atoms with Crippen LogP contribution in [0, 0.1) is 0 Å². The largest absolute Gasteiger partial charge is 0.476 e. The number of ether oxygens (including phenoxy) is 1. The van der Waals surface area contributed by atoms with Crippen LogP contribution >= 0.6 is 11.3 Å². The Bertz CT molecular complexity index is 448. The molecule has 1 rings (SSSR count). The highest BCUT2D eigenvalue weighted by atomic mass is 32.1. The molecule has 0 aromatic carbocycles. The lowest BCUT2D eigenvalue weighted by Gasteiger charge is -2.09. The third kappa shape index (κ3) is 6.48. The summed E-state index contributed by atoms with van der Waals surface area (Å²) in [5.41, 5.74) is 0.0419. The van der Waals surface area contributed by atoms with Crippen molar-refractivity contribution in [2.24, 2.45) is 0 Å². The number of carboxylic acids is 1. The summed E-state index contributed by atoms with van der Waals surface area (Å²) in [7, 11) is 0. The van der Waals surface area contributed by atoms with Gasteiger partial charge < -0.3 is 20.5 Å². The number of hydrogen-bond acceptors (Lipinski definition) is 5. The number of aromatic nitrogens is 1. The Hall–Kier alpha value is -1.67. The Labute approximate surface area is 121 Å². The molecule has 0 spiro atoms. The number of thiazole rings is 1. The lowest BCUT2D eigenvalue weighted by atomic mass is 10.4. The third-order valence-electron chi connectivity index (χ3n) is 2.23. The molecule has 2 amide bonds. The molecule has 0 fully saturated rings. The van der Waals surface area contributed by atoms with E-state index in [-0.39, 0.29) is 17.8 Å². The minimum atomic E-state index is -1.04. The number of carbonyl (C=O) groups is 2. The smallest absolute Gasteiger partial charge is 0.355 e. The van der Waals surface area contributed by atoms with Gasteiger partial charge in [0.1, 0.15) is 0 Å². The molecule has 1 heterocycles. The quantitative estimate of drug-likeness (QED) is 0.624. The molecule has 0 aliphatic carbocycles. The number of carbonyl (C=O) groups excluding carboxylic acids is 1. The highest BCUT2D eigenvalue weighted by molar-refractivity contribution is 7.09. The van der Waals surface area contributed by atoms with Crippen molar-refractivity contribution < 1.29 is 19.4 Å². The fraction of sp³-hybridized carbons (Fsp3) is 0.583. The number of carboxylic acid groups (broad SMARTS) is 1. The van der Waals surface area contributed by atoms with Gasteiger partial charge in [-0.2, -0.15) is 0 Å². The van der Waals surface area contributed by atoms with Gasteiger partial charge in [0.05, 0.1) is 17.7 Å². The van der Waals surface area contributed by atoms with Crippen LogP contribution in [0.3, 0.4) is 0 Å². The first kappa shape index (κ1) is 16.4. The van der Waals surface area contributed by atoms with Gasteiger partial charge in [0.2, 0.25) is 0 Å². The van der Waals surface area contributed by atoms with E-state index in [1.165, 1.54) is 16.7 Å². The van der Waals surface area contributed by atoms with E-state index in [2.05, 4.69) is 15.6 Å². The Morgan fingerprint density at radius 3 is 2.70 bits per heavy atom. The Morgan fingerprint density at radius 2 is 2.10 bits per heavy atom. The van der Waals surface area contributed by atoms with Crippen molar-refractivity contribution in [1.82, 2.24) is 15.6 Å². The van der Waals surface area contributed by atoms with Gasteiger partial charge in [0, 0.05) is 24.9 Å². The highest BCUT2D eigenvalue weighted by Crippen LogP contribution is 2.09. The minimum absolute atomic E-state index is 0.0419. The van der Waals surface area contributed by atoms with Crippen molar-refractivity contribution in [1.29, 1.82) is 0 Å². The van der Waals surface area contributed by atoms with Crippen molar-refractivity contribution in [2.45, 2.75) is 26.4 Å². The van der Waals surface area contributed by atoms with Crippen LogP contribution in [0.4, 0.5) is 4.79 Å². The molecule has 1 aromatic rings. The van der Waals surface area contributed by atoms with E-state index in [4.69, 9.17) is 9.84 Å².